The zero-order valence-corrected chi connectivity index (χ0v) is 10.5. The molecule has 0 amide bonds. The molecule has 0 saturated carbocycles. The molecule has 1 rings (SSSR count). The quantitative estimate of drug-likeness (QED) is 0.818. The molecule has 17 heavy (non-hydrogen) atoms. The Balaban J connectivity index is 2.88. The van der Waals surface area contributed by atoms with Gasteiger partial charge < -0.3 is 9.84 Å². The number of hydrogen-bond donors (Lipinski definition) is 1. The smallest absolute Gasteiger partial charge is 0.323 e. The van der Waals surface area contributed by atoms with E-state index in [0.717, 1.165) is 5.56 Å². The molecule has 0 fully saturated rings. The van der Waals surface area contributed by atoms with Crippen molar-refractivity contribution >= 4 is 5.97 Å². The van der Waals surface area contributed by atoms with Crippen LogP contribution < -0.4 is 4.74 Å². The van der Waals surface area contributed by atoms with Crippen molar-refractivity contribution in [3.8, 4) is 5.88 Å². The third-order valence-corrected chi connectivity index (χ3v) is 2.83. The van der Waals surface area contributed by atoms with Crippen molar-refractivity contribution in [1.29, 1.82) is 0 Å². The summed E-state index contributed by atoms with van der Waals surface area (Å²) in [5, 5.41) is 9.11. The van der Waals surface area contributed by atoms with E-state index in [4.69, 9.17) is 9.84 Å². The molecule has 0 aromatic carbocycles. The van der Waals surface area contributed by atoms with E-state index in [1.54, 1.807) is 32.0 Å². The van der Waals surface area contributed by atoms with E-state index in [1.807, 2.05) is 0 Å². The fraction of sp³-hybridized carbons (Fsp3) is 0.545. The summed E-state index contributed by atoms with van der Waals surface area (Å²) in [5.41, 5.74) is -0.201. The van der Waals surface area contributed by atoms with Crippen molar-refractivity contribution in [2.75, 3.05) is 14.2 Å². The molecule has 0 aliphatic carbocycles. The maximum Gasteiger partial charge on any atom is 0.323 e. The standard InChI is InChI=1S/C11H17N3O3/c1-11(2,10(15)16)14(3)6-8-5-12-7-13-9(8)17-4/h5,7H,6H2,1-4H3,(H,15,16). The lowest BCUT2D eigenvalue weighted by Crippen LogP contribution is -2.47. The van der Waals surface area contributed by atoms with Gasteiger partial charge in [-0.3, -0.25) is 9.69 Å². The van der Waals surface area contributed by atoms with Crippen LogP contribution in [0.1, 0.15) is 19.4 Å². The molecule has 1 heterocycles. The van der Waals surface area contributed by atoms with Crippen LogP contribution in [0.15, 0.2) is 12.5 Å². The van der Waals surface area contributed by atoms with Gasteiger partial charge in [-0.15, -0.1) is 0 Å². The molecule has 1 aromatic heterocycles. The second kappa shape index (κ2) is 5.09. The highest BCUT2D eigenvalue weighted by Gasteiger charge is 2.32. The summed E-state index contributed by atoms with van der Waals surface area (Å²) in [6.07, 6.45) is 3.02. The van der Waals surface area contributed by atoms with Crippen LogP contribution in [0.2, 0.25) is 0 Å². The molecule has 0 aliphatic heterocycles. The average molecular weight is 239 g/mol. The summed E-state index contributed by atoms with van der Waals surface area (Å²) in [4.78, 5) is 20.7. The number of aromatic nitrogens is 2. The lowest BCUT2D eigenvalue weighted by Gasteiger charge is -2.31. The highest BCUT2D eigenvalue weighted by Crippen LogP contribution is 2.20. The number of likely N-dealkylation sites (N-methyl/N-ethyl adjacent to an activating group) is 1. The minimum Gasteiger partial charge on any atom is -0.481 e. The summed E-state index contributed by atoms with van der Waals surface area (Å²) in [6.45, 7) is 3.69. The van der Waals surface area contributed by atoms with Gasteiger partial charge in [0.05, 0.1) is 7.11 Å². The Kier molecular flexibility index (Phi) is 4.01. The number of aliphatic carboxylic acids is 1. The van der Waals surface area contributed by atoms with Gasteiger partial charge in [0.25, 0.3) is 0 Å². The lowest BCUT2D eigenvalue weighted by atomic mass is 10.0. The summed E-state index contributed by atoms with van der Waals surface area (Å²) in [6, 6.07) is 0. The SMILES string of the molecule is COc1ncncc1CN(C)C(C)(C)C(=O)O. The Labute approximate surface area is 100 Å². The topological polar surface area (TPSA) is 75.6 Å². The Morgan fingerprint density at radius 1 is 1.59 bits per heavy atom. The summed E-state index contributed by atoms with van der Waals surface area (Å²) < 4.78 is 5.09. The number of nitrogens with zero attached hydrogens (tertiary/aromatic N) is 3. The van der Waals surface area contributed by atoms with Crippen molar-refractivity contribution in [2.24, 2.45) is 0 Å². The van der Waals surface area contributed by atoms with Gasteiger partial charge in [0.1, 0.15) is 11.9 Å². The van der Waals surface area contributed by atoms with Crippen molar-refractivity contribution in [3.63, 3.8) is 0 Å². The molecule has 1 N–H and O–H groups in total. The van der Waals surface area contributed by atoms with Crippen molar-refractivity contribution in [2.45, 2.75) is 25.9 Å². The Morgan fingerprint density at radius 3 is 2.76 bits per heavy atom. The Bertz CT molecular complexity index is 407. The Hall–Kier alpha value is -1.69. The van der Waals surface area contributed by atoms with Gasteiger partial charge in [-0.2, -0.15) is 0 Å². The summed E-state index contributed by atoms with van der Waals surface area (Å²) >= 11 is 0. The third-order valence-electron chi connectivity index (χ3n) is 2.83. The lowest BCUT2D eigenvalue weighted by molar-refractivity contribution is -0.148. The van der Waals surface area contributed by atoms with Crippen molar-refractivity contribution < 1.29 is 14.6 Å². The molecule has 94 valence electrons. The normalized spacial score (nSPS) is 11.6. The molecular formula is C11H17N3O3. The Morgan fingerprint density at radius 2 is 2.24 bits per heavy atom. The number of carboxylic acid groups (broad SMARTS) is 1. The fourth-order valence-electron chi connectivity index (χ4n) is 1.26. The zero-order chi connectivity index (χ0) is 13.1. The zero-order valence-electron chi connectivity index (χ0n) is 10.5. The summed E-state index contributed by atoms with van der Waals surface area (Å²) in [5.74, 6) is -0.413. The van der Waals surface area contributed by atoms with Crippen molar-refractivity contribution in [1.82, 2.24) is 14.9 Å². The predicted octanol–water partition coefficient (Wildman–Crippen LogP) is 0.780. The van der Waals surface area contributed by atoms with Gasteiger partial charge in [0, 0.05) is 18.3 Å². The number of rotatable bonds is 5. The molecule has 6 heteroatoms. The van der Waals surface area contributed by atoms with Crippen LogP contribution in [0.25, 0.3) is 0 Å². The van der Waals surface area contributed by atoms with Gasteiger partial charge in [-0.1, -0.05) is 0 Å². The highest BCUT2D eigenvalue weighted by molar-refractivity contribution is 5.77. The van der Waals surface area contributed by atoms with E-state index in [1.165, 1.54) is 13.4 Å². The molecule has 0 unspecified atom stereocenters. The van der Waals surface area contributed by atoms with Gasteiger partial charge >= 0.3 is 5.97 Å². The van der Waals surface area contributed by atoms with E-state index in [0.29, 0.717) is 12.4 Å². The molecule has 0 bridgehead atoms. The molecule has 6 nitrogen and oxygen atoms in total. The molecular weight excluding hydrogens is 222 g/mol. The number of ether oxygens (including phenoxy) is 1. The van der Waals surface area contributed by atoms with Gasteiger partial charge in [0.2, 0.25) is 5.88 Å². The van der Waals surface area contributed by atoms with Crippen LogP contribution in [0.3, 0.4) is 0 Å². The number of hydrogen-bond acceptors (Lipinski definition) is 5. The van der Waals surface area contributed by atoms with Crippen LogP contribution in [-0.4, -0.2) is 45.6 Å². The first-order chi connectivity index (χ1) is 7.89. The molecule has 0 atom stereocenters. The minimum atomic E-state index is -0.957. The number of methoxy groups -OCH3 is 1. The van der Waals surface area contributed by atoms with Gasteiger partial charge in [-0.05, 0) is 20.9 Å². The third kappa shape index (κ3) is 2.91. The minimum absolute atomic E-state index is 0.406. The summed E-state index contributed by atoms with van der Waals surface area (Å²) in [7, 11) is 3.26. The monoisotopic (exact) mass is 239 g/mol. The van der Waals surface area contributed by atoms with E-state index in [9.17, 15) is 4.79 Å². The largest absolute Gasteiger partial charge is 0.481 e. The molecule has 0 saturated heterocycles. The fourth-order valence-corrected chi connectivity index (χ4v) is 1.26. The second-order valence-electron chi connectivity index (χ2n) is 4.28. The number of carbonyl (C=O) groups is 1. The van der Waals surface area contributed by atoms with Gasteiger partial charge in [0.15, 0.2) is 0 Å². The second-order valence-corrected chi connectivity index (χ2v) is 4.28. The van der Waals surface area contributed by atoms with Crippen LogP contribution in [0.5, 0.6) is 5.88 Å². The van der Waals surface area contributed by atoms with Crippen LogP contribution in [0.4, 0.5) is 0 Å². The highest BCUT2D eigenvalue weighted by atomic mass is 16.5. The van der Waals surface area contributed by atoms with Crippen molar-refractivity contribution in [3.05, 3.63) is 18.1 Å². The first kappa shape index (κ1) is 13.4. The molecule has 1 aromatic rings. The van der Waals surface area contributed by atoms with Crippen LogP contribution in [-0.2, 0) is 11.3 Å². The molecule has 0 aliphatic rings. The number of carboxylic acids is 1. The molecule has 0 spiro atoms. The first-order valence-electron chi connectivity index (χ1n) is 5.17. The maximum absolute atomic E-state index is 11.1. The van der Waals surface area contributed by atoms with Gasteiger partial charge in [-0.25, -0.2) is 9.97 Å². The van der Waals surface area contributed by atoms with E-state index >= 15 is 0 Å². The predicted molar refractivity (Wildman–Crippen MR) is 61.8 cm³/mol. The van der Waals surface area contributed by atoms with Crippen LogP contribution >= 0.6 is 0 Å². The van der Waals surface area contributed by atoms with E-state index in [2.05, 4.69) is 9.97 Å². The maximum atomic E-state index is 11.1. The first-order valence-corrected chi connectivity index (χ1v) is 5.17. The van der Waals surface area contributed by atoms with E-state index in [-0.39, 0.29) is 0 Å². The average Bonchev–Trinajstić information content (AvgIpc) is 2.29. The van der Waals surface area contributed by atoms with E-state index < -0.39 is 11.5 Å². The molecule has 0 radical (unpaired) electrons. The van der Waals surface area contributed by atoms with Crippen LogP contribution in [0, 0.1) is 0 Å².